The van der Waals surface area contributed by atoms with Crippen LogP contribution in [-0.4, -0.2) is 17.7 Å². The molecule has 0 spiro atoms. The van der Waals surface area contributed by atoms with Gasteiger partial charge >= 0.3 is 5.97 Å². The lowest BCUT2D eigenvalue weighted by Crippen LogP contribution is -2.11. The quantitative estimate of drug-likeness (QED) is 0.790. The second-order valence-corrected chi connectivity index (χ2v) is 4.55. The van der Waals surface area contributed by atoms with Crippen molar-refractivity contribution in [3.63, 3.8) is 0 Å². The highest BCUT2D eigenvalue weighted by Crippen LogP contribution is 2.21. The fourth-order valence-electron chi connectivity index (χ4n) is 1.55. The zero-order valence-electron chi connectivity index (χ0n) is 10.4. The first kappa shape index (κ1) is 13.7. The average molecular weight is 236 g/mol. The summed E-state index contributed by atoms with van der Waals surface area (Å²) in [5.41, 5.74) is 0.929. The van der Waals surface area contributed by atoms with Crippen molar-refractivity contribution < 1.29 is 14.6 Å². The molecule has 94 valence electrons. The van der Waals surface area contributed by atoms with E-state index in [0.29, 0.717) is 12.5 Å². The number of hydrogen-bond acceptors (Lipinski definition) is 2. The van der Waals surface area contributed by atoms with E-state index in [1.165, 1.54) is 0 Å². The van der Waals surface area contributed by atoms with Gasteiger partial charge in [-0.1, -0.05) is 44.2 Å². The molecule has 17 heavy (non-hydrogen) atoms. The highest BCUT2D eigenvalue weighted by Gasteiger charge is 2.15. The molecule has 0 saturated carbocycles. The maximum Gasteiger partial charge on any atom is 0.306 e. The zero-order valence-corrected chi connectivity index (χ0v) is 10.4. The normalized spacial score (nSPS) is 12.6. The lowest BCUT2D eigenvalue weighted by Gasteiger charge is -2.17. The van der Waals surface area contributed by atoms with Gasteiger partial charge in [0, 0.05) is 6.61 Å². The van der Waals surface area contributed by atoms with Gasteiger partial charge in [-0.3, -0.25) is 4.79 Å². The van der Waals surface area contributed by atoms with Crippen molar-refractivity contribution in [1.82, 2.24) is 0 Å². The van der Waals surface area contributed by atoms with E-state index in [9.17, 15) is 4.79 Å². The molecule has 0 amide bonds. The van der Waals surface area contributed by atoms with Crippen LogP contribution in [0, 0.1) is 5.92 Å². The molecule has 0 heterocycles. The van der Waals surface area contributed by atoms with Gasteiger partial charge in [-0.15, -0.1) is 0 Å². The molecular formula is C14H20O3. The molecule has 3 heteroatoms. The van der Waals surface area contributed by atoms with Gasteiger partial charge in [-0.05, 0) is 17.9 Å². The SMILES string of the molecule is CC(C)CCOC(CC(=O)O)c1ccccc1. The van der Waals surface area contributed by atoms with Gasteiger partial charge in [-0.25, -0.2) is 0 Å². The Bertz CT molecular complexity index is 333. The summed E-state index contributed by atoms with van der Waals surface area (Å²) in [5, 5.41) is 8.87. The second kappa shape index (κ2) is 7.07. The van der Waals surface area contributed by atoms with Crippen LogP contribution in [0.25, 0.3) is 0 Å². The summed E-state index contributed by atoms with van der Waals surface area (Å²) >= 11 is 0. The van der Waals surface area contributed by atoms with Crippen molar-refractivity contribution in [3.8, 4) is 0 Å². The molecule has 0 aliphatic heterocycles. The van der Waals surface area contributed by atoms with E-state index in [1.54, 1.807) is 0 Å². The first-order valence-electron chi connectivity index (χ1n) is 5.98. The molecule has 1 N–H and O–H groups in total. The van der Waals surface area contributed by atoms with Gasteiger partial charge < -0.3 is 9.84 Å². The van der Waals surface area contributed by atoms with E-state index in [4.69, 9.17) is 9.84 Å². The van der Waals surface area contributed by atoms with Gasteiger partial charge in [0.05, 0.1) is 12.5 Å². The number of carboxylic acids is 1. The van der Waals surface area contributed by atoms with Crippen LogP contribution < -0.4 is 0 Å². The fourth-order valence-corrected chi connectivity index (χ4v) is 1.55. The molecule has 1 atom stereocenters. The summed E-state index contributed by atoms with van der Waals surface area (Å²) in [4.78, 5) is 10.8. The Hall–Kier alpha value is -1.35. The first-order valence-corrected chi connectivity index (χ1v) is 5.98. The standard InChI is InChI=1S/C14H20O3/c1-11(2)8-9-17-13(10-14(15)16)12-6-4-3-5-7-12/h3-7,11,13H,8-10H2,1-2H3,(H,15,16). The summed E-state index contributed by atoms with van der Waals surface area (Å²) in [5.74, 6) is -0.264. The molecule has 0 aliphatic carbocycles. The highest BCUT2D eigenvalue weighted by atomic mass is 16.5. The molecule has 0 fully saturated rings. The minimum absolute atomic E-state index is 0.0160. The maximum atomic E-state index is 10.8. The highest BCUT2D eigenvalue weighted by molar-refractivity contribution is 5.67. The lowest BCUT2D eigenvalue weighted by molar-refractivity contribution is -0.140. The number of benzene rings is 1. The zero-order chi connectivity index (χ0) is 12.7. The number of aliphatic carboxylic acids is 1. The van der Waals surface area contributed by atoms with Crippen molar-refractivity contribution in [1.29, 1.82) is 0 Å². The smallest absolute Gasteiger partial charge is 0.306 e. The molecule has 1 aromatic rings. The van der Waals surface area contributed by atoms with Gasteiger partial charge in [0.25, 0.3) is 0 Å². The van der Waals surface area contributed by atoms with E-state index >= 15 is 0 Å². The van der Waals surface area contributed by atoms with E-state index in [0.717, 1.165) is 12.0 Å². The molecule has 0 aromatic heterocycles. The predicted molar refractivity (Wildman–Crippen MR) is 66.8 cm³/mol. The number of hydrogen-bond donors (Lipinski definition) is 1. The van der Waals surface area contributed by atoms with E-state index in [-0.39, 0.29) is 12.5 Å². The summed E-state index contributed by atoms with van der Waals surface area (Å²) in [6.45, 7) is 4.85. The molecule has 3 nitrogen and oxygen atoms in total. The molecule has 0 saturated heterocycles. The van der Waals surface area contributed by atoms with E-state index in [1.807, 2.05) is 30.3 Å². The Kier molecular flexibility index (Phi) is 5.70. The first-order chi connectivity index (χ1) is 8.09. The van der Waals surface area contributed by atoms with Crippen LogP contribution in [0.5, 0.6) is 0 Å². The predicted octanol–water partition coefficient (Wildman–Crippen LogP) is 3.27. The largest absolute Gasteiger partial charge is 0.481 e. The minimum Gasteiger partial charge on any atom is -0.481 e. The summed E-state index contributed by atoms with van der Waals surface area (Å²) in [6, 6.07) is 9.52. The van der Waals surface area contributed by atoms with Crippen LogP contribution in [0.15, 0.2) is 30.3 Å². The van der Waals surface area contributed by atoms with Crippen LogP contribution in [-0.2, 0) is 9.53 Å². The third-order valence-corrected chi connectivity index (χ3v) is 2.55. The fraction of sp³-hybridized carbons (Fsp3) is 0.500. The van der Waals surface area contributed by atoms with Gasteiger partial charge in [0.15, 0.2) is 0 Å². The lowest BCUT2D eigenvalue weighted by atomic mass is 10.1. The topological polar surface area (TPSA) is 46.5 Å². The molecule has 0 bridgehead atoms. The average Bonchev–Trinajstić information content (AvgIpc) is 2.28. The third-order valence-electron chi connectivity index (χ3n) is 2.55. The van der Waals surface area contributed by atoms with Gasteiger partial charge in [-0.2, -0.15) is 0 Å². The molecule has 1 rings (SSSR count). The molecular weight excluding hydrogens is 216 g/mol. The number of carbonyl (C=O) groups is 1. The number of rotatable bonds is 7. The summed E-state index contributed by atoms with van der Waals surface area (Å²) in [6.07, 6.45) is 0.623. The number of ether oxygens (including phenoxy) is 1. The molecule has 1 unspecified atom stereocenters. The second-order valence-electron chi connectivity index (χ2n) is 4.55. The van der Waals surface area contributed by atoms with Crippen molar-refractivity contribution in [2.45, 2.75) is 32.8 Å². The Labute approximate surface area is 102 Å². The van der Waals surface area contributed by atoms with Crippen LogP contribution >= 0.6 is 0 Å². The van der Waals surface area contributed by atoms with Crippen molar-refractivity contribution in [2.24, 2.45) is 5.92 Å². The van der Waals surface area contributed by atoms with Gasteiger partial charge in [0.1, 0.15) is 0 Å². The van der Waals surface area contributed by atoms with Crippen molar-refractivity contribution >= 4 is 5.97 Å². The summed E-state index contributed by atoms with van der Waals surface area (Å²) < 4.78 is 5.67. The Morgan fingerprint density at radius 3 is 2.47 bits per heavy atom. The number of carboxylic acid groups (broad SMARTS) is 1. The van der Waals surface area contributed by atoms with E-state index < -0.39 is 5.97 Å². The molecule has 1 aromatic carbocycles. The Morgan fingerprint density at radius 1 is 1.29 bits per heavy atom. The van der Waals surface area contributed by atoms with Crippen molar-refractivity contribution in [3.05, 3.63) is 35.9 Å². The summed E-state index contributed by atoms with van der Waals surface area (Å²) in [7, 11) is 0. The maximum absolute atomic E-state index is 10.8. The van der Waals surface area contributed by atoms with E-state index in [2.05, 4.69) is 13.8 Å². The van der Waals surface area contributed by atoms with Crippen LogP contribution in [0.1, 0.15) is 38.4 Å². The van der Waals surface area contributed by atoms with Crippen molar-refractivity contribution in [2.75, 3.05) is 6.61 Å². The third kappa shape index (κ3) is 5.50. The molecule has 0 radical (unpaired) electrons. The Morgan fingerprint density at radius 2 is 1.94 bits per heavy atom. The Balaban J connectivity index is 2.58. The van der Waals surface area contributed by atoms with Crippen LogP contribution in [0.2, 0.25) is 0 Å². The molecule has 0 aliphatic rings. The van der Waals surface area contributed by atoms with Crippen LogP contribution in [0.4, 0.5) is 0 Å². The minimum atomic E-state index is -0.830. The van der Waals surface area contributed by atoms with Crippen LogP contribution in [0.3, 0.4) is 0 Å². The van der Waals surface area contributed by atoms with Gasteiger partial charge in [0.2, 0.25) is 0 Å². The monoisotopic (exact) mass is 236 g/mol.